The van der Waals surface area contributed by atoms with Crippen LogP contribution in [0.25, 0.3) is 0 Å². The number of carboxylic acid groups (broad SMARTS) is 1. The SMILES string of the molecule is Cc1ccc(CCC(CC(=O)O)c2ccc[nH]2)cc1. The highest BCUT2D eigenvalue weighted by molar-refractivity contribution is 5.67. The van der Waals surface area contributed by atoms with E-state index in [4.69, 9.17) is 5.11 Å². The zero-order valence-corrected chi connectivity index (χ0v) is 11.1. The van der Waals surface area contributed by atoms with Crippen LogP contribution in [-0.4, -0.2) is 16.1 Å². The monoisotopic (exact) mass is 257 g/mol. The van der Waals surface area contributed by atoms with E-state index in [1.54, 1.807) is 0 Å². The van der Waals surface area contributed by atoms with Gasteiger partial charge >= 0.3 is 5.97 Å². The Hall–Kier alpha value is -2.03. The van der Waals surface area contributed by atoms with Gasteiger partial charge in [0.05, 0.1) is 6.42 Å². The highest BCUT2D eigenvalue weighted by atomic mass is 16.4. The molecule has 2 N–H and O–H groups in total. The Morgan fingerprint density at radius 1 is 1.26 bits per heavy atom. The standard InChI is InChI=1S/C16H19NO2/c1-12-4-6-13(7-5-12)8-9-14(11-16(18)19)15-3-2-10-17-15/h2-7,10,14,17H,8-9,11H2,1H3,(H,18,19). The first-order valence-electron chi connectivity index (χ1n) is 6.56. The van der Waals surface area contributed by atoms with Crippen molar-refractivity contribution >= 4 is 5.97 Å². The molecule has 2 rings (SSSR count). The number of aryl methyl sites for hydroxylation is 2. The van der Waals surface area contributed by atoms with Crippen molar-refractivity contribution in [1.82, 2.24) is 4.98 Å². The number of aliphatic carboxylic acids is 1. The lowest BCUT2D eigenvalue weighted by molar-refractivity contribution is -0.137. The fraction of sp³-hybridized carbons (Fsp3) is 0.312. The van der Waals surface area contributed by atoms with Crippen molar-refractivity contribution in [1.29, 1.82) is 0 Å². The molecule has 0 aliphatic heterocycles. The number of aromatic nitrogens is 1. The van der Waals surface area contributed by atoms with Crippen LogP contribution in [0.5, 0.6) is 0 Å². The van der Waals surface area contributed by atoms with Gasteiger partial charge in [0.2, 0.25) is 0 Å². The molecule has 3 nitrogen and oxygen atoms in total. The zero-order chi connectivity index (χ0) is 13.7. The summed E-state index contributed by atoms with van der Waals surface area (Å²) in [6.07, 6.45) is 3.76. The smallest absolute Gasteiger partial charge is 0.304 e. The van der Waals surface area contributed by atoms with Crippen LogP contribution in [0.2, 0.25) is 0 Å². The number of H-pyrrole nitrogens is 1. The first-order valence-corrected chi connectivity index (χ1v) is 6.56. The van der Waals surface area contributed by atoms with Gasteiger partial charge in [-0.1, -0.05) is 29.8 Å². The fourth-order valence-electron chi connectivity index (χ4n) is 2.27. The maximum atomic E-state index is 10.9. The summed E-state index contributed by atoms with van der Waals surface area (Å²) >= 11 is 0. The van der Waals surface area contributed by atoms with Gasteiger partial charge < -0.3 is 10.1 Å². The molecule has 1 heterocycles. The molecule has 2 aromatic rings. The van der Waals surface area contributed by atoms with Gasteiger partial charge in [0, 0.05) is 17.8 Å². The van der Waals surface area contributed by atoms with Crippen LogP contribution in [0.1, 0.15) is 35.6 Å². The molecule has 1 aromatic heterocycles. The van der Waals surface area contributed by atoms with Gasteiger partial charge in [-0.05, 0) is 37.5 Å². The van der Waals surface area contributed by atoms with Crippen molar-refractivity contribution < 1.29 is 9.90 Å². The quantitative estimate of drug-likeness (QED) is 0.832. The van der Waals surface area contributed by atoms with Crippen LogP contribution < -0.4 is 0 Å². The summed E-state index contributed by atoms with van der Waals surface area (Å²) in [5.74, 6) is -0.697. The average molecular weight is 257 g/mol. The van der Waals surface area contributed by atoms with Crippen LogP contribution >= 0.6 is 0 Å². The Balaban J connectivity index is 2.00. The van der Waals surface area contributed by atoms with Crippen molar-refractivity contribution in [3.63, 3.8) is 0 Å². The van der Waals surface area contributed by atoms with E-state index in [1.165, 1.54) is 11.1 Å². The maximum absolute atomic E-state index is 10.9. The normalized spacial score (nSPS) is 12.3. The number of benzene rings is 1. The van der Waals surface area contributed by atoms with E-state index in [0.717, 1.165) is 18.5 Å². The number of rotatable bonds is 6. The van der Waals surface area contributed by atoms with Gasteiger partial charge in [-0.25, -0.2) is 0 Å². The van der Waals surface area contributed by atoms with Crippen molar-refractivity contribution in [3.05, 3.63) is 59.4 Å². The predicted molar refractivity (Wildman–Crippen MR) is 75.3 cm³/mol. The second-order valence-electron chi connectivity index (χ2n) is 4.94. The summed E-state index contributed by atoms with van der Waals surface area (Å²) in [6, 6.07) is 12.3. The minimum absolute atomic E-state index is 0.0498. The van der Waals surface area contributed by atoms with Crippen LogP contribution in [0.15, 0.2) is 42.6 Å². The molecule has 19 heavy (non-hydrogen) atoms. The summed E-state index contributed by atoms with van der Waals surface area (Å²) in [4.78, 5) is 14.1. The molecule has 0 bridgehead atoms. The zero-order valence-electron chi connectivity index (χ0n) is 11.1. The Morgan fingerprint density at radius 2 is 2.00 bits per heavy atom. The van der Waals surface area contributed by atoms with Crippen molar-refractivity contribution in [3.8, 4) is 0 Å². The third kappa shape index (κ3) is 3.98. The minimum Gasteiger partial charge on any atom is -0.481 e. The number of carboxylic acids is 1. The van der Waals surface area contributed by atoms with Crippen molar-refractivity contribution in [2.24, 2.45) is 0 Å². The molecule has 1 unspecified atom stereocenters. The number of nitrogens with one attached hydrogen (secondary N) is 1. The predicted octanol–water partition coefficient (Wildman–Crippen LogP) is 3.51. The number of aromatic amines is 1. The summed E-state index contributed by atoms with van der Waals surface area (Å²) in [5, 5.41) is 9.00. The van der Waals surface area contributed by atoms with E-state index in [9.17, 15) is 4.79 Å². The summed E-state index contributed by atoms with van der Waals surface area (Å²) in [7, 11) is 0. The number of hydrogen-bond donors (Lipinski definition) is 2. The molecule has 0 spiro atoms. The van der Waals surface area contributed by atoms with Gasteiger partial charge in [0.15, 0.2) is 0 Å². The molecule has 0 fully saturated rings. The van der Waals surface area contributed by atoms with Gasteiger partial charge in [0.1, 0.15) is 0 Å². The largest absolute Gasteiger partial charge is 0.481 e. The van der Waals surface area contributed by atoms with E-state index >= 15 is 0 Å². The summed E-state index contributed by atoms with van der Waals surface area (Å²) in [6.45, 7) is 2.07. The Labute approximate surface area is 113 Å². The summed E-state index contributed by atoms with van der Waals surface area (Å²) < 4.78 is 0. The van der Waals surface area contributed by atoms with Crippen LogP contribution in [0.4, 0.5) is 0 Å². The third-order valence-corrected chi connectivity index (χ3v) is 3.38. The lowest BCUT2D eigenvalue weighted by atomic mass is 9.93. The maximum Gasteiger partial charge on any atom is 0.304 e. The van der Waals surface area contributed by atoms with E-state index in [1.807, 2.05) is 18.3 Å². The molecule has 0 aliphatic carbocycles. The van der Waals surface area contributed by atoms with E-state index < -0.39 is 5.97 Å². The highest BCUT2D eigenvalue weighted by Gasteiger charge is 2.16. The Bertz CT molecular complexity index is 514. The Morgan fingerprint density at radius 3 is 2.58 bits per heavy atom. The topological polar surface area (TPSA) is 53.1 Å². The third-order valence-electron chi connectivity index (χ3n) is 3.38. The molecule has 0 saturated carbocycles. The highest BCUT2D eigenvalue weighted by Crippen LogP contribution is 2.24. The van der Waals surface area contributed by atoms with Crippen molar-refractivity contribution in [2.75, 3.05) is 0 Å². The lowest BCUT2D eigenvalue weighted by Gasteiger charge is -2.13. The van der Waals surface area contributed by atoms with E-state index in [2.05, 4.69) is 36.2 Å². The number of hydrogen-bond acceptors (Lipinski definition) is 1. The molecule has 1 atom stereocenters. The molecule has 0 saturated heterocycles. The lowest BCUT2D eigenvalue weighted by Crippen LogP contribution is -2.08. The first kappa shape index (κ1) is 13.4. The van der Waals surface area contributed by atoms with E-state index in [0.29, 0.717) is 0 Å². The molecule has 100 valence electrons. The molecule has 0 radical (unpaired) electrons. The van der Waals surface area contributed by atoms with Gasteiger partial charge in [-0.2, -0.15) is 0 Å². The van der Waals surface area contributed by atoms with Gasteiger partial charge in [-0.15, -0.1) is 0 Å². The second-order valence-corrected chi connectivity index (χ2v) is 4.94. The fourth-order valence-corrected chi connectivity index (χ4v) is 2.27. The molecule has 0 aliphatic rings. The second kappa shape index (κ2) is 6.23. The Kier molecular flexibility index (Phi) is 4.39. The van der Waals surface area contributed by atoms with Gasteiger partial charge in [0.25, 0.3) is 0 Å². The van der Waals surface area contributed by atoms with Crippen LogP contribution in [0.3, 0.4) is 0 Å². The summed E-state index contributed by atoms with van der Waals surface area (Å²) in [5.41, 5.74) is 3.51. The van der Waals surface area contributed by atoms with E-state index in [-0.39, 0.29) is 12.3 Å². The first-order chi connectivity index (χ1) is 9.15. The van der Waals surface area contributed by atoms with Crippen LogP contribution in [0, 0.1) is 6.92 Å². The number of carbonyl (C=O) groups is 1. The molecule has 0 amide bonds. The minimum atomic E-state index is -0.747. The molecular weight excluding hydrogens is 238 g/mol. The average Bonchev–Trinajstić information content (AvgIpc) is 2.90. The van der Waals surface area contributed by atoms with Gasteiger partial charge in [-0.3, -0.25) is 4.79 Å². The molecule has 1 aromatic carbocycles. The molecular formula is C16H19NO2. The van der Waals surface area contributed by atoms with Crippen LogP contribution in [-0.2, 0) is 11.2 Å². The molecule has 3 heteroatoms. The van der Waals surface area contributed by atoms with Crippen molar-refractivity contribution in [2.45, 2.75) is 32.1 Å².